The highest BCUT2D eigenvalue weighted by atomic mass is 32.1. The topological polar surface area (TPSA) is 78.9 Å². The fraction of sp³-hybridized carbons (Fsp3) is 0.842. The summed E-state index contributed by atoms with van der Waals surface area (Å²) >= 11 is 12.6. The van der Waals surface area contributed by atoms with Crippen LogP contribution in [0.25, 0.3) is 0 Å². The lowest BCUT2D eigenvalue weighted by molar-refractivity contribution is -0.157. The van der Waals surface area contributed by atoms with E-state index in [1.54, 1.807) is 13.8 Å². The molecular weight excluding hydrogens is 420 g/mol. The van der Waals surface area contributed by atoms with Gasteiger partial charge in [0.25, 0.3) is 0 Å². The van der Waals surface area contributed by atoms with E-state index in [0.29, 0.717) is 12.8 Å². The van der Waals surface area contributed by atoms with Gasteiger partial charge in [0.15, 0.2) is 0 Å². The van der Waals surface area contributed by atoms with E-state index in [4.69, 9.17) is 14.2 Å². The molecule has 0 radical (unpaired) electrons. The number of hydrogen-bond donors (Lipinski definition) is 3. The van der Waals surface area contributed by atoms with E-state index in [9.17, 15) is 14.4 Å². The second kappa shape index (κ2) is 14.4. The summed E-state index contributed by atoms with van der Waals surface area (Å²) in [6.07, 6.45) is 1.58. The number of hydrogen-bond acceptors (Lipinski definition) is 9. The number of esters is 3. The van der Waals surface area contributed by atoms with Crippen molar-refractivity contribution in [3.63, 3.8) is 0 Å². The summed E-state index contributed by atoms with van der Waals surface area (Å²) < 4.78 is 16.1. The van der Waals surface area contributed by atoms with Crippen LogP contribution in [0.4, 0.5) is 0 Å². The van der Waals surface area contributed by atoms with E-state index < -0.39 is 5.41 Å². The Morgan fingerprint density at radius 2 is 1.11 bits per heavy atom. The molecule has 0 rings (SSSR count). The highest BCUT2D eigenvalue weighted by Gasteiger charge is 2.33. The van der Waals surface area contributed by atoms with Crippen molar-refractivity contribution >= 4 is 55.8 Å². The second-order valence-corrected chi connectivity index (χ2v) is 9.95. The molecule has 0 aromatic carbocycles. The predicted molar refractivity (Wildman–Crippen MR) is 119 cm³/mol. The molecule has 0 saturated carbocycles. The monoisotopic (exact) mass is 454 g/mol. The third-order valence-corrected chi connectivity index (χ3v) is 4.66. The molecule has 164 valence electrons. The second-order valence-electron chi connectivity index (χ2n) is 7.30. The Bertz CT molecular complexity index is 468. The summed E-state index contributed by atoms with van der Waals surface area (Å²) in [5, 5.41) is -0.304. The molecule has 0 heterocycles. The van der Waals surface area contributed by atoms with E-state index in [2.05, 4.69) is 37.9 Å². The summed E-state index contributed by atoms with van der Waals surface area (Å²) in [6, 6.07) is 0. The highest BCUT2D eigenvalue weighted by Crippen LogP contribution is 2.29. The highest BCUT2D eigenvalue weighted by molar-refractivity contribution is 7.81. The number of rotatable bonds is 14. The molecule has 0 aliphatic carbocycles. The average molecular weight is 455 g/mol. The standard InChI is InChI=1S/C19H34O6S3/c1-5-19(11-24-17(21)9-14(3)27,12-25-18(22)10-15(4)28)6-7-23-16(20)8-13(2)26/h13-15,26-28H,5-12H2,1-4H3. The van der Waals surface area contributed by atoms with Crippen LogP contribution in [0.15, 0.2) is 0 Å². The first-order valence-electron chi connectivity index (χ1n) is 9.50. The minimum atomic E-state index is -0.627. The number of ether oxygens (including phenoxy) is 3. The molecule has 0 amide bonds. The van der Waals surface area contributed by atoms with Crippen LogP contribution < -0.4 is 0 Å². The molecule has 0 N–H and O–H groups in total. The van der Waals surface area contributed by atoms with Crippen LogP contribution >= 0.6 is 37.9 Å². The molecule has 0 bridgehead atoms. The maximum Gasteiger partial charge on any atom is 0.306 e. The van der Waals surface area contributed by atoms with Gasteiger partial charge in [-0.3, -0.25) is 14.4 Å². The Balaban J connectivity index is 4.90. The van der Waals surface area contributed by atoms with Gasteiger partial charge in [-0.2, -0.15) is 37.9 Å². The minimum Gasteiger partial charge on any atom is -0.466 e. The van der Waals surface area contributed by atoms with Gasteiger partial charge in [0.2, 0.25) is 0 Å². The van der Waals surface area contributed by atoms with Crippen LogP contribution in [0.5, 0.6) is 0 Å². The van der Waals surface area contributed by atoms with Gasteiger partial charge in [0.1, 0.15) is 13.2 Å². The molecule has 9 heteroatoms. The normalized spacial score (nSPS) is 16.4. The van der Waals surface area contributed by atoms with E-state index in [0.717, 1.165) is 0 Å². The molecule has 6 nitrogen and oxygen atoms in total. The quantitative estimate of drug-likeness (QED) is 0.212. The van der Waals surface area contributed by atoms with Crippen molar-refractivity contribution < 1.29 is 28.6 Å². The first kappa shape index (κ1) is 27.5. The molecule has 0 aliphatic heterocycles. The van der Waals surface area contributed by atoms with E-state index in [1.165, 1.54) is 0 Å². The average Bonchev–Trinajstić information content (AvgIpc) is 2.55. The Labute approximate surface area is 185 Å². The molecule has 3 unspecified atom stereocenters. The molecule has 0 fully saturated rings. The molecular formula is C19H34O6S3. The zero-order valence-corrected chi connectivity index (χ0v) is 19.9. The molecule has 0 aromatic heterocycles. The minimum absolute atomic E-state index is 0.0764. The number of carbonyl (C=O) groups excluding carboxylic acids is 3. The van der Waals surface area contributed by atoms with Gasteiger partial charge in [-0.05, 0) is 12.8 Å². The van der Waals surface area contributed by atoms with Crippen LogP contribution in [-0.4, -0.2) is 53.5 Å². The fourth-order valence-corrected chi connectivity index (χ4v) is 2.76. The molecule has 0 saturated heterocycles. The van der Waals surface area contributed by atoms with Crippen molar-refractivity contribution in [2.75, 3.05) is 19.8 Å². The van der Waals surface area contributed by atoms with E-state index >= 15 is 0 Å². The van der Waals surface area contributed by atoms with Gasteiger partial charge < -0.3 is 14.2 Å². The SMILES string of the molecule is CCC(CCOC(=O)CC(C)S)(COC(=O)CC(C)S)COC(=O)CC(C)S. The first-order valence-corrected chi connectivity index (χ1v) is 11.1. The van der Waals surface area contributed by atoms with Gasteiger partial charge in [-0.25, -0.2) is 0 Å². The van der Waals surface area contributed by atoms with E-state index in [1.807, 2.05) is 13.8 Å². The third kappa shape index (κ3) is 13.6. The smallest absolute Gasteiger partial charge is 0.306 e. The van der Waals surface area contributed by atoms with Gasteiger partial charge in [0.05, 0.1) is 25.9 Å². The van der Waals surface area contributed by atoms with Gasteiger partial charge in [0, 0.05) is 21.2 Å². The van der Waals surface area contributed by atoms with Crippen LogP contribution in [0.2, 0.25) is 0 Å². The van der Waals surface area contributed by atoms with Crippen LogP contribution in [0, 0.1) is 5.41 Å². The molecule has 28 heavy (non-hydrogen) atoms. The Kier molecular flexibility index (Phi) is 14.2. The van der Waals surface area contributed by atoms with Crippen molar-refractivity contribution in [3.05, 3.63) is 0 Å². The van der Waals surface area contributed by atoms with Crippen LogP contribution in [-0.2, 0) is 28.6 Å². The van der Waals surface area contributed by atoms with Crippen molar-refractivity contribution in [1.29, 1.82) is 0 Å². The number of thiol groups is 3. The Morgan fingerprint density at radius 1 is 0.750 bits per heavy atom. The van der Waals surface area contributed by atoms with Crippen molar-refractivity contribution in [1.82, 2.24) is 0 Å². The van der Waals surface area contributed by atoms with Crippen molar-refractivity contribution in [2.45, 2.75) is 75.5 Å². The van der Waals surface area contributed by atoms with Gasteiger partial charge >= 0.3 is 17.9 Å². The summed E-state index contributed by atoms with van der Waals surface area (Å²) in [4.78, 5) is 35.6. The van der Waals surface area contributed by atoms with Crippen LogP contribution in [0.3, 0.4) is 0 Å². The maximum absolute atomic E-state index is 11.9. The molecule has 3 atom stereocenters. The molecule has 0 aromatic rings. The summed E-state index contributed by atoms with van der Waals surface area (Å²) in [7, 11) is 0. The zero-order valence-electron chi connectivity index (χ0n) is 17.2. The Morgan fingerprint density at radius 3 is 1.43 bits per heavy atom. The van der Waals surface area contributed by atoms with Crippen molar-refractivity contribution in [3.8, 4) is 0 Å². The van der Waals surface area contributed by atoms with E-state index in [-0.39, 0.29) is 72.7 Å². The lowest BCUT2D eigenvalue weighted by Crippen LogP contribution is -2.36. The summed E-state index contributed by atoms with van der Waals surface area (Å²) in [5.41, 5.74) is -0.627. The zero-order chi connectivity index (χ0) is 21.7. The van der Waals surface area contributed by atoms with Crippen LogP contribution in [0.1, 0.15) is 59.8 Å². The van der Waals surface area contributed by atoms with Gasteiger partial charge in [-0.1, -0.05) is 27.7 Å². The lowest BCUT2D eigenvalue weighted by atomic mass is 9.83. The van der Waals surface area contributed by atoms with Crippen molar-refractivity contribution in [2.24, 2.45) is 5.41 Å². The number of carbonyl (C=O) groups is 3. The largest absolute Gasteiger partial charge is 0.466 e. The predicted octanol–water partition coefficient (Wildman–Crippen LogP) is 3.53. The summed E-state index contributed by atoms with van der Waals surface area (Å²) in [5.74, 6) is -1.07. The lowest BCUT2D eigenvalue weighted by Gasteiger charge is -2.31. The first-order chi connectivity index (χ1) is 13.0. The third-order valence-electron chi connectivity index (χ3n) is 4.11. The Hall–Kier alpha value is -0.540. The van der Waals surface area contributed by atoms with Gasteiger partial charge in [-0.15, -0.1) is 0 Å². The molecule has 0 spiro atoms. The maximum atomic E-state index is 11.9. The molecule has 0 aliphatic rings. The fourth-order valence-electron chi connectivity index (χ4n) is 2.32. The summed E-state index contributed by atoms with van der Waals surface area (Å²) in [6.45, 7) is 7.64.